The van der Waals surface area contributed by atoms with E-state index in [9.17, 15) is 13.2 Å². The van der Waals surface area contributed by atoms with Gasteiger partial charge in [0.25, 0.3) is 0 Å². The first-order valence-corrected chi connectivity index (χ1v) is 7.84. The molecule has 0 radical (unpaired) electrons. The largest absolute Gasteiger partial charge is 0.481 e. The zero-order valence-corrected chi connectivity index (χ0v) is 11.5. The van der Waals surface area contributed by atoms with Crippen LogP contribution in [0.2, 0.25) is 0 Å². The Kier molecular flexibility index (Phi) is 6.04. The number of sulfonamides is 1. The first-order chi connectivity index (χ1) is 8.45. The Labute approximate surface area is 108 Å². The van der Waals surface area contributed by atoms with Crippen LogP contribution in [-0.4, -0.2) is 55.9 Å². The molecule has 0 aromatic rings. The summed E-state index contributed by atoms with van der Waals surface area (Å²) in [4.78, 5) is 10.6. The molecule has 1 aliphatic rings. The van der Waals surface area contributed by atoms with Crippen molar-refractivity contribution in [1.29, 1.82) is 0 Å². The van der Waals surface area contributed by atoms with Crippen molar-refractivity contribution in [2.24, 2.45) is 5.92 Å². The summed E-state index contributed by atoms with van der Waals surface area (Å²) in [7, 11) is -3.25. The van der Waals surface area contributed by atoms with E-state index < -0.39 is 16.0 Å². The lowest BCUT2D eigenvalue weighted by Gasteiger charge is -2.30. The maximum Gasteiger partial charge on any atom is 0.303 e. The van der Waals surface area contributed by atoms with Crippen molar-refractivity contribution >= 4 is 16.0 Å². The van der Waals surface area contributed by atoms with Crippen LogP contribution in [0.5, 0.6) is 0 Å². The molecule has 1 N–H and O–H groups in total. The lowest BCUT2D eigenvalue weighted by molar-refractivity contribution is -0.138. The summed E-state index contributed by atoms with van der Waals surface area (Å²) in [5, 5.41) is 8.69. The third kappa shape index (κ3) is 4.91. The van der Waals surface area contributed by atoms with E-state index in [0.29, 0.717) is 32.5 Å². The van der Waals surface area contributed by atoms with Gasteiger partial charge in [0.15, 0.2) is 0 Å². The second-order valence-corrected chi connectivity index (χ2v) is 6.54. The fourth-order valence-corrected chi connectivity index (χ4v) is 3.43. The highest BCUT2D eigenvalue weighted by Crippen LogP contribution is 2.22. The summed E-state index contributed by atoms with van der Waals surface area (Å²) in [5.74, 6) is -0.710. The number of hydrogen-bond acceptors (Lipinski definition) is 4. The molecule has 0 spiro atoms. The molecule has 0 amide bonds. The quantitative estimate of drug-likeness (QED) is 0.688. The molecule has 1 fully saturated rings. The molecule has 0 unspecified atom stereocenters. The van der Waals surface area contributed by atoms with Gasteiger partial charge in [-0.1, -0.05) is 0 Å². The second kappa shape index (κ2) is 7.06. The first-order valence-electron chi connectivity index (χ1n) is 6.23. The minimum absolute atomic E-state index is 0.00440. The Morgan fingerprint density at radius 1 is 1.39 bits per heavy atom. The van der Waals surface area contributed by atoms with Crippen LogP contribution < -0.4 is 0 Å². The highest BCUT2D eigenvalue weighted by Gasteiger charge is 2.28. The van der Waals surface area contributed by atoms with Crippen LogP contribution in [0.1, 0.15) is 26.2 Å². The smallest absolute Gasteiger partial charge is 0.303 e. The summed E-state index contributed by atoms with van der Waals surface area (Å²) >= 11 is 0. The number of carbonyl (C=O) groups is 1. The van der Waals surface area contributed by atoms with E-state index in [1.807, 2.05) is 6.92 Å². The van der Waals surface area contributed by atoms with Crippen molar-refractivity contribution < 1.29 is 23.1 Å². The molecule has 1 rings (SSSR count). The Morgan fingerprint density at radius 3 is 2.50 bits per heavy atom. The van der Waals surface area contributed by atoms with Crippen LogP contribution in [-0.2, 0) is 19.6 Å². The van der Waals surface area contributed by atoms with Crippen LogP contribution >= 0.6 is 0 Å². The minimum Gasteiger partial charge on any atom is -0.481 e. The molecule has 0 bridgehead atoms. The number of ether oxygens (including phenoxy) is 1. The van der Waals surface area contributed by atoms with Crippen molar-refractivity contribution in [3.05, 3.63) is 0 Å². The predicted octanol–water partition coefficient (Wildman–Crippen LogP) is 0.539. The fraction of sp³-hybridized carbons (Fsp3) is 0.909. The third-order valence-corrected chi connectivity index (χ3v) is 4.95. The van der Waals surface area contributed by atoms with Gasteiger partial charge in [-0.15, -0.1) is 0 Å². The Hall–Kier alpha value is -0.660. The number of hydrogen-bond donors (Lipinski definition) is 1. The van der Waals surface area contributed by atoms with Gasteiger partial charge in [0.2, 0.25) is 10.0 Å². The van der Waals surface area contributed by atoms with E-state index in [1.165, 1.54) is 4.31 Å². The molecule has 0 atom stereocenters. The van der Waals surface area contributed by atoms with Crippen LogP contribution in [0.25, 0.3) is 0 Å². The molecule has 0 aliphatic carbocycles. The van der Waals surface area contributed by atoms with Crippen LogP contribution in [0.15, 0.2) is 0 Å². The average Bonchev–Trinajstić information content (AvgIpc) is 2.29. The first kappa shape index (κ1) is 15.4. The monoisotopic (exact) mass is 279 g/mol. The van der Waals surface area contributed by atoms with Gasteiger partial charge in [0.1, 0.15) is 0 Å². The van der Waals surface area contributed by atoms with E-state index in [-0.39, 0.29) is 24.7 Å². The van der Waals surface area contributed by atoms with Gasteiger partial charge in [-0.2, -0.15) is 0 Å². The average molecular weight is 279 g/mol. The summed E-state index contributed by atoms with van der Waals surface area (Å²) in [6.07, 6.45) is 1.38. The Balaban J connectivity index is 2.39. The van der Waals surface area contributed by atoms with E-state index >= 15 is 0 Å². The summed E-state index contributed by atoms with van der Waals surface area (Å²) in [6, 6.07) is 0. The number of nitrogens with zero attached hydrogens (tertiary/aromatic N) is 1. The highest BCUT2D eigenvalue weighted by atomic mass is 32.2. The van der Waals surface area contributed by atoms with Crippen molar-refractivity contribution in [2.45, 2.75) is 26.2 Å². The van der Waals surface area contributed by atoms with Gasteiger partial charge in [-0.25, -0.2) is 12.7 Å². The molecule has 0 saturated carbocycles. The summed E-state index contributed by atoms with van der Waals surface area (Å²) < 4.78 is 30.3. The van der Waals surface area contributed by atoms with Crippen LogP contribution in [0.3, 0.4) is 0 Å². The van der Waals surface area contributed by atoms with E-state index in [2.05, 4.69) is 0 Å². The SMILES string of the molecule is CCOCCS(=O)(=O)N1CCC(CC(=O)O)CC1. The Morgan fingerprint density at radius 2 is 2.00 bits per heavy atom. The molecule has 1 saturated heterocycles. The summed E-state index contributed by atoms with van der Waals surface area (Å²) in [5.41, 5.74) is 0. The van der Waals surface area contributed by atoms with Crippen molar-refractivity contribution in [3.63, 3.8) is 0 Å². The van der Waals surface area contributed by atoms with Crippen molar-refractivity contribution in [2.75, 3.05) is 32.1 Å². The van der Waals surface area contributed by atoms with Gasteiger partial charge < -0.3 is 9.84 Å². The lowest BCUT2D eigenvalue weighted by atomic mass is 9.95. The fourth-order valence-electron chi connectivity index (χ4n) is 2.08. The van der Waals surface area contributed by atoms with E-state index in [0.717, 1.165) is 0 Å². The maximum atomic E-state index is 11.9. The van der Waals surface area contributed by atoms with E-state index in [4.69, 9.17) is 9.84 Å². The number of carboxylic acid groups (broad SMARTS) is 1. The molecular weight excluding hydrogens is 258 g/mol. The maximum absolute atomic E-state index is 11.9. The van der Waals surface area contributed by atoms with Crippen molar-refractivity contribution in [1.82, 2.24) is 4.31 Å². The van der Waals surface area contributed by atoms with Gasteiger partial charge in [-0.3, -0.25) is 4.79 Å². The molecule has 1 heterocycles. The summed E-state index contributed by atoms with van der Waals surface area (Å²) in [6.45, 7) is 3.40. The molecule has 0 aromatic heterocycles. The third-order valence-electron chi connectivity index (χ3n) is 3.12. The van der Waals surface area contributed by atoms with Gasteiger partial charge in [-0.05, 0) is 25.7 Å². The predicted molar refractivity (Wildman–Crippen MR) is 66.8 cm³/mol. The van der Waals surface area contributed by atoms with Gasteiger partial charge in [0.05, 0.1) is 12.4 Å². The van der Waals surface area contributed by atoms with Crippen LogP contribution in [0.4, 0.5) is 0 Å². The van der Waals surface area contributed by atoms with E-state index in [1.54, 1.807) is 0 Å². The number of carboxylic acids is 1. The molecule has 106 valence electrons. The minimum atomic E-state index is -3.25. The van der Waals surface area contributed by atoms with Gasteiger partial charge >= 0.3 is 5.97 Å². The number of aliphatic carboxylic acids is 1. The van der Waals surface area contributed by atoms with Crippen LogP contribution in [0, 0.1) is 5.92 Å². The van der Waals surface area contributed by atoms with Gasteiger partial charge in [0, 0.05) is 26.1 Å². The second-order valence-electron chi connectivity index (χ2n) is 4.45. The standard InChI is InChI=1S/C11H21NO5S/c1-2-17-7-8-18(15,16)12-5-3-10(4-6-12)9-11(13)14/h10H,2-9H2,1H3,(H,13,14). The zero-order chi connectivity index (χ0) is 13.6. The molecule has 18 heavy (non-hydrogen) atoms. The number of piperidine rings is 1. The molecule has 0 aromatic carbocycles. The van der Waals surface area contributed by atoms with Crippen molar-refractivity contribution in [3.8, 4) is 0 Å². The normalized spacial score (nSPS) is 18.9. The Bertz CT molecular complexity index is 360. The lowest BCUT2D eigenvalue weighted by Crippen LogP contribution is -2.40. The molecular formula is C11H21NO5S. The highest BCUT2D eigenvalue weighted by molar-refractivity contribution is 7.89. The zero-order valence-electron chi connectivity index (χ0n) is 10.7. The molecule has 1 aliphatic heterocycles. The topological polar surface area (TPSA) is 83.9 Å². The molecule has 6 nitrogen and oxygen atoms in total. The molecule has 7 heteroatoms. The number of rotatable bonds is 7.